The summed E-state index contributed by atoms with van der Waals surface area (Å²) in [6.07, 6.45) is 0.622. The van der Waals surface area contributed by atoms with Gasteiger partial charge in [-0.05, 0) is 12.1 Å². The summed E-state index contributed by atoms with van der Waals surface area (Å²) >= 11 is 4.84. The molecular formula is C10H13NO2S. The second-order valence-electron chi connectivity index (χ2n) is 2.82. The zero-order chi connectivity index (χ0) is 10.4. The summed E-state index contributed by atoms with van der Waals surface area (Å²) in [5.41, 5.74) is 6.27. The number of hydrogen-bond acceptors (Lipinski definition) is 3. The van der Waals surface area contributed by atoms with E-state index in [0.717, 1.165) is 11.3 Å². The van der Waals surface area contributed by atoms with Gasteiger partial charge in [-0.3, -0.25) is 0 Å². The summed E-state index contributed by atoms with van der Waals surface area (Å²) in [7, 11) is 0. The minimum absolute atomic E-state index is 0.134. The lowest BCUT2D eigenvalue weighted by Crippen LogP contribution is -2.09. The first kappa shape index (κ1) is 10.9. The molecular weight excluding hydrogens is 198 g/mol. The van der Waals surface area contributed by atoms with Crippen molar-refractivity contribution in [3.8, 4) is 5.75 Å². The Balaban J connectivity index is 2.59. The molecule has 0 bridgehead atoms. The molecule has 0 aliphatic carbocycles. The molecule has 0 fully saturated rings. The number of thiocarbonyl (C=S) groups is 1. The van der Waals surface area contributed by atoms with Gasteiger partial charge >= 0.3 is 0 Å². The van der Waals surface area contributed by atoms with E-state index in [1.54, 1.807) is 6.07 Å². The van der Waals surface area contributed by atoms with Crippen LogP contribution in [-0.4, -0.2) is 23.3 Å². The Labute approximate surface area is 88.5 Å². The third kappa shape index (κ3) is 3.32. The van der Waals surface area contributed by atoms with E-state index in [1.807, 2.05) is 18.2 Å². The molecule has 0 amide bonds. The van der Waals surface area contributed by atoms with Gasteiger partial charge in [-0.2, -0.15) is 0 Å². The smallest absolute Gasteiger partial charge is 0.119 e. The van der Waals surface area contributed by atoms with Crippen molar-refractivity contribution in [1.82, 2.24) is 0 Å². The SMILES string of the molecule is NC(=S)c1cccc(OCCCO)c1. The van der Waals surface area contributed by atoms with Gasteiger partial charge in [0.25, 0.3) is 0 Å². The molecule has 0 aromatic heterocycles. The zero-order valence-electron chi connectivity index (χ0n) is 7.77. The van der Waals surface area contributed by atoms with Gasteiger partial charge in [0.05, 0.1) is 6.61 Å². The third-order valence-corrected chi connectivity index (χ3v) is 1.93. The highest BCUT2D eigenvalue weighted by Crippen LogP contribution is 2.13. The number of nitrogens with two attached hydrogens (primary N) is 1. The number of rotatable bonds is 5. The molecule has 1 rings (SSSR count). The van der Waals surface area contributed by atoms with Crippen LogP contribution in [0.1, 0.15) is 12.0 Å². The molecule has 1 aromatic rings. The maximum Gasteiger partial charge on any atom is 0.119 e. The Hall–Kier alpha value is -1.13. The van der Waals surface area contributed by atoms with Crippen molar-refractivity contribution >= 4 is 17.2 Å². The minimum Gasteiger partial charge on any atom is -0.493 e. The maximum absolute atomic E-state index is 8.57. The molecule has 0 radical (unpaired) electrons. The summed E-state index contributed by atoms with van der Waals surface area (Å²) in [5, 5.41) is 8.57. The van der Waals surface area contributed by atoms with Gasteiger partial charge in [-0.15, -0.1) is 0 Å². The van der Waals surface area contributed by atoms with Crippen molar-refractivity contribution in [2.75, 3.05) is 13.2 Å². The van der Waals surface area contributed by atoms with Crippen LogP contribution in [0.4, 0.5) is 0 Å². The van der Waals surface area contributed by atoms with E-state index in [4.69, 9.17) is 27.8 Å². The topological polar surface area (TPSA) is 55.5 Å². The van der Waals surface area contributed by atoms with Crippen molar-refractivity contribution < 1.29 is 9.84 Å². The van der Waals surface area contributed by atoms with Gasteiger partial charge in [0, 0.05) is 18.6 Å². The molecule has 4 heteroatoms. The lowest BCUT2D eigenvalue weighted by molar-refractivity contribution is 0.233. The first-order valence-corrected chi connectivity index (χ1v) is 4.78. The van der Waals surface area contributed by atoms with Crippen molar-refractivity contribution in [3.05, 3.63) is 29.8 Å². The second-order valence-corrected chi connectivity index (χ2v) is 3.26. The van der Waals surface area contributed by atoms with Crippen LogP contribution < -0.4 is 10.5 Å². The number of ether oxygens (including phenoxy) is 1. The first-order valence-electron chi connectivity index (χ1n) is 4.37. The van der Waals surface area contributed by atoms with Crippen molar-refractivity contribution in [3.63, 3.8) is 0 Å². The molecule has 0 aliphatic heterocycles. The highest BCUT2D eigenvalue weighted by atomic mass is 32.1. The summed E-state index contributed by atoms with van der Waals surface area (Å²) in [5.74, 6) is 0.726. The Morgan fingerprint density at radius 3 is 2.93 bits per heavy atom. The van der Waals surface area contributed by atoms with E-state index < -0.39 is 0 Å². The van der Waals surface area contributed by atoms with Crippen LogP contribution in [0.5, 0.6) is 5.75 Å². The third-order valence-electron chi connectivity index (χ3n) is 1.69. The highest BCUT2D eigenvalue weighted by Gasteiger charge is 1.98. The molecule has 14 heavy (non-hydrogen) atoms. The molecule has 0 heterocycles. The number of aliphatic hydroxyl groups is 1. The first-order chi connectivity index (χ1) is 6.74. The van der Waals surface area contributed by atoms with Gasteiger partial charge in [0.1, 0.15) is 10.7 Å². The molecule has 0 aliphatic rings. The average Bonchev–Trinajstić information content (AvgIpc) is 2.19. The Morgan fingerprint density at radius 1 is 1.50 bits per heavy atom. The quantitative estimate of drug-likeness (QED) is 0.565. The summed E-state index contributed by atoms with van der Waals surface area (Å²) in [6, 6.07) is 7.29. The number of aliphatic hydroxyl groups excluding tert-OH is 1. The average molecular weight is 211 g/mol. The molecule has 0 atom stereocenters. The van der Waals surface area contributed by atoms with E-state index in [0.29, 0.717) is 18.0 Å². The van der Waals surface area contributed by atoms with Crippen LogP contribution in [0.15, 0.2) is 24.3 Å². The van der Waals surface area contributed by atoms with Gasteiger partial charge in [-0.1, -0.05) is 24.4 Å². The van der Waals surface area contributed by atoms with E-state index in [9.17, 15) is 0 Å². The van der Waals surface area contributed by atoms with Crippen molar-refractivity contribution in [1.29, 1.82) is 0 Å². The lowest BCUT2D eigenvalue weighted by atomic mass is 10.2. The maximum atomic E-state index is 8.57. The zero-order valence-corrected chi connectivity index (χ0v) is 8.59. The minimum atomic E-state index is 0.134. The number of benzene rings is 1. The molecule has 0 spiro atoms. The Bertz CT molecular complexity index is 315. The number of hydrogen-bond donors (Lipinski definition) is 2. The van der Waals surface area contributed by atoms with E-state index in [1.165, 1.54) is 0 Å². The largest absolute Gasteiger partial charge is 0.493 e. The normalized spacial score (nSPS) is 9.79. The highest BCUT2D eigenvalue weighted by molar-refractivity contribution is 7.80. The van der Waals surface area contributed by atoms with Crippen LogP contribution >= 0.6 is 12.2 Å². The van der Waals surface area contributed by atoms with Gasteiger partial charge in [0.15, 0.2) is 0 Å². The van der Waals surface area contributed by atoms with Crippen molar-refractivity contribution in [2.24, 2.45) is 5.73 Å². The van der Waals surface area contributed by atoms with Gasteiger partial charge < -0.3 is 15.6 Å². The van der Waals surface area contributed by atoms with E-state index >= 15 is 0 Å². The van der Waals surface area contributed by atoms with E-state index in [-0.39, 0.29) is 6.61 Å². The second kappa shape index (κ2) is 5.57. The molecule has 0 saturated heterocycles. The fraction of sp³-hybridized carbons (Fsp3) is 0.300. The Kier molecular flexibility index (Phi) is 4.35. The Morgan fingerprint density at radius 2 is 2.29 bits per heavy atom. The standard InChI is InChI=1S/C10H13NO2S/c11-10(14)8-3-1-4-9(7-8)13-6-2-5-12/h1,3-4,7,12H,2,5-6H2,(H2,11,14). The fourth-order valence-electron chi connectivity index (χ4n) is 0.994. The molecule has 3 nitrogen and oxygen atoms in total. The van der Waals surface area contributed by atoms with E-state index in [2.05, 4.69) is 0 Å². The molecule has 0 saturated carbocycles. The predicted octanol–water partition coefficient (Wildman–Crippen LogP) is 1.08. The summed E-state index contributed by atoms with van der Waals surface area (Å²) < 4.78 is 5.36. The molecule has 0 unspecified atom stereocenters. The lowest BCUT2D eigenvalue weighted by Gasteiger charge is -2.06. The van der Waals surface area contributed by atoms with Crippen LogP contribution in [-0.2, 0) is 0 Å². The fourth-order valence-corrected chi connectivity index (χ4v) is 1.12. The molecule has 3 N–H and O–H groups in total. The van der Waals surface area contributed by atoms with Crippen LogP contribution in [0.3, 0.4) is 0 Å². The summed E-state index contributed by atoms with van der Waals surface area (Å²) in [4.78, 5) is 0.359. The monoisotopic (exact) mass is 211 g/mol. The molecule has 1 aromatic carbocycles. The van der Waals surface area contributed by atoms with Gasteiger partial charge in [-0.25, -0.2) is 0 Å². The van der Waals surface area contributed by atoms with Gasteiger partial charge in [0.2, 0.25) is 0 Å². The van der Waals surface area contributed by atoms with Crippen LogP contribution in [0.25, 0.3) is 0 Å². The molecule has 76 valence electrons. The summed E-state index contributed by atoms with van der Waals surface area (Å²) in [6.45, 7) is 0.631. The van der Waals surface area contributed by atoms with Crippen LogP contribution in [0.2, 0.25) is 0 Å². The predicted molar refractivity (Wildman–Crippen MR) is 59.5 cm³/mol. The van der Waals surface area contributed by atoms with Crippen molar-refractivity contribution in [2.45, 2.75) is 6.42 Å². The van der Waals surface area contributed by atoms with Crippen LogP contribution in [0, 0.1) is 0 Å².